The Morgan fingerprint density at radius 3 is 2.48 bits per heavy atom. The van der Waals surface area contributed by atoms with E-state index in [1.54, 1.807) is 42.5 Å². The van der Waals surface area contributed by atoms with Gasteiger partial charge in [-0.2, -0.15) is 0 Å². The van der Waals surface area contributed by atoms with Gasteiger partial charge in [0.2, 0.25) is 0 Å². The monoisotopic (exact) mass is 338 g/mol. The molecule has 0 unspecified atom stereocenters. The third kappa shape index (κ3) is 3.10. The highest BCUT2D eigenvalue weighted by Gasteiger charge is 2.35. The second kappa shape index (κ2) is 6.76. The lowest BCUT2D eigenvalue weighted by atomic mass is 10.1. The third-order valence-electron chi connectivity index (χ3n) is 3.96. The molecule has 0 bridgehead atoms. The molecule has 0 fully saturated rings. The Hall–Kier alpha value is -3.15. The van der Waals surface area contributed by atoms with E-state index < -0.39 is 5.91 Å². The topological polar surface area (TPSA) is 75.7 Å². The molecular formula is C19H18N2O4. The van der Waals surface area contributed by atoms with Crippen LogP contribution in [0.25, 0.3) is 0 Å². The first-order valence-electron chi connectivity index (χ1n) is 8.02. The number of hydrogen-bond acceptors (Lipinski definition) is 4. The van der Waals surface area contributed by atoms with Crippen LogP contribution >= 0.6 is 0 Å². The minimum Gasteiger partial charge on any atom is -0.494 e. The number of nitrogens with one attached hydrogen (secondary N) is 1. The summed E-state index contributed by atoms with van der Waals surface area (Å²) < 4.78 is 5.49. The Labute approximate surface area is 145 Å². The molecule has 0 radical (unpaired) electrons. The van der Waals surface area contributed by atoms with Gasteiger partial charge >= 0.3 is 0 Å². The number of anilines is 1. The standard InChI is InChI=1S/C19H18N2O4/c1-3-11-25-13-9-7-12(8-10-13)17(22)20-15-6-4-5-14-16(15)19(24)21(2)18(14)23/h4-10H,3,11H2,1-2H3,(H,20,22). The van der Waals surface area contributed by atoms with Gasteiger partial charge in [0.15, 0.2) is 0 Å². The van der Waals surface area contributed by atoms with Crippen molar-refractivity contribution in [3.63, 3.8) is 0 Å². The van der Waals surface area contributed by atoms with Crippen LogP contribution in [0.5, 0.6) is 5.75 Å². The molecule has 1 heterocycles. The van der Waals surface area contributed by atoms with Gasteiger partial charge in [-0.1, -0.05) is 13.0 Å². The van der Waals surface area contributed by atoms with Crippen molar-refractivity contribution in [2.75, 3.05) is 19.0 Å². The highest BCUT2D eigenvalue weighted by atomic mass is 16.5. The summed E-state index contributed by atoms with van der Waals surface area (Å²) in [6, 6.07) is 11.6. The van der Waals surface area contributed by atoms with E-state index in [2.05, 4.69) is 5.32 Å². The molecule has 1 N–H and O–H groups in total. The lowest BCUT2D eigenvalue weighted by molar-refractivity contribution is 0.0693. The highest BCUT2D eigenvalue weighted by Crippen LogP contribution is 2.28. The first-order valence-corrected chi connectivity index (χ1v) is 8.02. The van der Waals surface area contributed by atoms with Gasteiger partial charge in [0.1, 0.15) is 5.75 Å². The Morgan fingerprint density at radius 1 is 1.08 bits per heavy atom. The maximum Gasteiger partial charge on any atom is 0.263 e. The van der Waals surface area contributed by atoms with Crippen LogP contribution in [0.3, 0.4) is 0 Å². The maximum atomic E-state index is 12.4. The summed E-state index contributed by atoms with van der Waals surface area (Å²) in [6.07, 6.45) is 0.905. The summed E-state index contributed by atoms with van der Waals surface area (Å²) in [7, 11) is 1.42. The third-order valence-corrected chi connectivity index (χ3v) is 3.96. The molecule has 2 aromatic carbocycles. The molecule has 0 atom stereocenters. The molecule has 1 aliphatic heterocycles. The minimum atomic E-state index is -0.417. The van der Waals surface area contributed by atoms with E-state index in [0.29, 0.717) is 29.2 Å². The average Bonchev–Trinajstić information content (AvgIpc) is 2.85. The smallest absolute Gasteiger partial charge is 0.263 e. The summed E-state index contributed by atoms with van der Waals surface area (Å²) in [6.45, 7) is 2.63. The van der Waals surface area contributed by atoms with Gasteiger partial charge in [0.05, 0.1) is 23.4 Å². The van der Waals surface area contributed by atoms with E-state index in [4.69, 9.17) is 4.74 Å². The Balaban J connectivity index is 1.81. The molecule has 0 aromatic heterocycles. The van der Waals surface area contributed by atoms with E-state index in [-0.39, 0.29) is 17.4 Å². The summed E-state index contributed by atoms with van der Waals surface area (Å²) in [5.41, 5.74) is 1.29. The van der Waals surface area contributed by atoms with E-state index >= 15 is 0 Å². The molecule has 0 saturated heterocycles. The van der Waals surface area contributed by atoms with Gasteiger partial charge in [0, 0.05) is 12.6 Å². The van der Waals surface area contributed by atoms with Crippen molar-refractivity contribution >= 4 is 23.4 Å². The second-order valence-electron chi connectivity index (χ2n) is 5.72. The molecule has 3 rings (SSSR count). The SMILES string of the molecule is CCCOc1ccc(C(=O)Nc2cccc3c2C(=O)N(C)C3=O)cc1. The highest BCUT2D eigenvalue weighted by molar-refractivity contribution is 6.24. The van der Waals surface area contributed by atoms with E-state index in [1.165, 1.54) is 7.05 Å². The number of carbonyl (C=O) groups excluding carboxylic acids is 3. The Morgan fingerprint density at radius 2 is 1.80 bits per heavy atom. The molecule has 0 saturated carbocycles. The number of nitrogens with zero attached hydrogens (tertiary/aromatic N) is 1. The van der Waals surface area contributed by atoms with Gasteiger partial charge in [-0.3, -0.25) is 19.3 Å². The Kier molecular flexibility index (Phi) is 4.52. The predicted molar refractivity (Wildman–Crippen MR) is 93.0 cm³/mol. The number of rotatable bonds is 5. The summed E-state index contributed by atoms with van der Waals surface area (Å²) >= 11 is 0. The van der Waals surface area contributed by atoms with Crippen molar-refractivity contribution in [1.29, 1.82) is 0 Å². The van der Waals surface area contributed by atoms with Crippen molar-refractivity contribution in [3.05, 3.63) is 59.2 Å². The number of amides is 3. The first-order chi connectivity index (χ1) is 12.0. The molecule has 2 aromatic rings. The zero-order valence-corrected chi connectivity index (χ0v) is 14.0. The summed E-state index contributed by atoms with van der Waals surface area (Å²) in [5, 5.41) is 2.71. The van der Waals surface area contributed by atoms with E-state index in [1.807, 2.05) is 6.92 Å². The molecular weight excluding hydrogens is 320 g/mol. The number of carbonyl (C=O) groups is 3. The summed E-state index contributed by atoms with van der Waals surface area (Å²) in [4.78, 5) is 37.7. The van der Waals surface area contributed by atoms with Gasteiger partial charge in [-0.15, -0.1) is 0 Å². The van der Waals surface area contributed by atoms with Crippen molar-refractivity contribution in [2.24, 2.45) is 0 Å². The number of fused-ring (bicyclic) bond motifs is 1. The quantitative estimate of drug-likeness (QED) is 0.851. The van der Waals surface area contributed by atoms with Crippen molar-refractivity contribution in [1.82, 2.24) is 4.90 Å². The molecule has 128 valence electrons. The van der Waals surface area contributed by atoms with Crippen molar-refractivity contribution in [3.8, 4) is 5.75 Å². The number of hydrogen-bond donors (Lipinski definition) is 1. The largest absolute Gasteiger partial charge is 0.494 e. The second-order valence-corrected chi connectivity index (χ2v) is 5.72. The molecule has 0 aliphatic carbocycles. The number of imide groups is 1. The van der Waals surface area contributed by atoms with Gasteiger partial charge in [-0.25, -0.2) is 0 Å². The predicted octanol–water partition coefficient (Wildman–Crippen LogP) is 2.95. The Bertz CT molecular complexity index is 843. The minimum absolute atomic E-state index is 0.228. The summed E-state index contributed by atoms with van der Waals surface area (Å²) in [5.74, 6) is -0.445. The average molecular weight is 338 g/mol. The van der Waals surface area contributed by atoms with Crippen LogP contribution in [0.2, 0.25) is 0 Å². The van der Waals surface area contributed by atoms with E-state index in [0.717, 1.165) is 11.3 Å². The van der Waals surface area contributed by atoms with Gasteiger partial charge < -0.3 is 10.1 Å². The van der Waals surface area contributed by atoms with Crippen LogP contribution in [0.15, 0.2) is 42.5 Å². The molecule has 3 amide bonds. The molecule has 1 aliphatic rings. The van der Waals surface area contributed by atoms with Crippen LogP contribution in [0.1, 0.15) is 44.4 Å². The number of benzene rings is 2. The zero-order valence-electron chi connectivity index (χ0n) is 14.0. The first kappa shape index (κ1) is 16.7. The lowest BCUT2D eigenvalue weighted by Crippen LogP contribution is -2.24. The zero-order chi connectivity index (χ0) is 18.0. The molecule has 6 nitrogen and oxygen atoms in total. The molecule has 6 heteroatoms. The van der Waals surface area contributed by atoms with Crippen molar-refractivity contribution in [2.45, 2.75) is 13.3 Å². The molecule has 25 heavy (non-hydrogen) atoms. The van der Waals surface area contributed by atoms with Crippen molar-refractivity contribution < 1.29 is 19.1 Å². The van der Waals surface area contributed by atoms with Gasteiger partial charge in [0.25, 0.3) is 17.7 Å². The fourth-order valence-electron chi connectivity index (χ4n) is 2.62. The van der Waals surface area contributed by atoms with Crippen LogP contribution < -0.4 is 10.1 Å². The van der Waals surface area contributed by atoms with Gasteiger partial charge in [-0.05, 0) is 42.8 Å². The van der Waals surface area contributed by atoms with E-state index in [9.17, 15) is 14.4 Å². The van der Waals surface area contributed by atoms with Crippen LogP contribution in [-0.2, 0) is 0 Å². The fraction of sp³-hybridized carbons (Fsp3) is 0.211. The van der Waals surface area contributed by atoms with Crippen LogP contribution in [0, 0.1) is 0 Å². The number of ether oxygens (including phenoxy) is 1. The fourth-order valence-corrected chi connectivity index (χ4v) is 2.62. The lowest BCUT2D eigenvalue weighted by Gasteiger charge is -2.10. The maximum absolute atomic E-state index is 12.4. The van der Waals surface area contributed by atoms with Crippen LogP contribution in [0.4, 0.5) is 5.69 Å². The van der Waals surface area contributed by atoms with Crippen LogP contribution in [-0.4, -0.2) is 36.3 Å². The molecule has 0 spiro atoms. The normalized spacial score (nSPS) is 13.0.